The third-order valence-corrected chi connectivity index (χ3v) is 2.50. The van der Waals surface area contributed by atoms with Crippen molar-refractivity contribution in [1.82, 2.24) is 10.3 Å². The van der Waals surface area contributed by atoms with Crippen LogP contribution in [0.4, 0.5) is 0 Å². The van der Waals surface area contributed by atoms with Crippen LogP contribution in [-0.2, 0) is 22.6 Å². The summed E-state index contributed by atoms with van der Waals surface area (Å²) in [6.45, 7) is 0.944. The SMILES string of the molecule is O=C(O)/C=C/c1cnc2c(c1)CNCC(=O)C2. The number of ketones is 1. The van der Waals surface area contributed by atoms with Crippen LogP contribution in [0, 0.1) is 0 Å². The Labute approximate surface area is 98.2 Å². The molecule has 0 saturated carbocycles. The summed E-state index contributed by atoms with van der Waals surface area (Å²) in [5.74, 6) is -0.877. The Bertz CT molecular complexity index is 495. The minimum absolute atomic E-state index is 0.116. The smallest absolute Gasteiger partial charge is 0.328 e. The number of carboxylic acid groups (broad SMARTS) is 1. The standard InChI is InChI=1S/C12H12N2O3/c15-10-4-11-9(6-13-7-10)3-8(5-14-11)1-2-12(16)17/h1-3,5,13H,4,6-7H2,(H,16,17)/b2-1+. The molecule has 2 rings (SSSR count). The molecule has 2 N–H and O–H groups in total. The van der Waals surface area contributed by atoms with E-state index in [4.69, 9.17) is 5.11 Å². The van der Waals surface area contributed by atoms with E-state index in [0.29, 0.717) is 19.5 Å². The summed E-state index contributed by atoms with van der Waals surface area (Å²) in [7, 11) is 0. The normalized spacial score (nSPS) is 15.6. The Balaban J connectivity index is 2.27. The lowest BCUT2D eigenvalue weighted by Gasteiger charge is -2.04. The van der Waals surface area contributed by atoms with Gasteiger partial charge in [0, 0.05) is 18.8 Å². The number of hydrogen-bond acceptors (Lipinski definition) is 4. The van der Waals surface area contributed by atoms with Crippen molar-refractivity contribution in [2.24, 2.45) is 0 Å². The van der Waals surface area contributed by atoms with E-state index >= 15 is 0 Å². The van der Waals surface area contributed by atoms with Crippen molar-refractivity contribution < 1.29 is 14.7 Å². The van der Waals surface area contributed by atoms with Crippen molar-refractivity contribution in [2.75, 3.05) is 6.54 Å². The molecule has 0 amide bonds. The number of aromatic nitrogens is 1. The molecule has 0 bridgehead atoms. The first-order valence-electron chi connectivity index (χ1n) is 5.26. The van der Waals surface area contributed by atoms with Gasteiger partial charge in [0.2, 0.25) is 0 Å². The van der Waals surface area contributed by atoms with Crippen LogP contribution in [0.2, 0.25) is 0 Å². The first kappa shape index (κ1) is 11.5. The molecule has 0 aliphatic carbocycles. The molecule has 0 fully saturated rings. The van der Waals surface area contributed by atoms with Gasteiger partial charge in [-0.3, -0.25) is 9.78 Å². The quantitative estimate of drug-likeness (QED) is 0.721. The maximum atomic E-state index is 11.4. The fourth-order valence-electron chi connectivity index (χ4n) is 1.71. The number of Topliss-reactive ketones (excluding diaryl/α,β-unsaturated/α-hetero) is 1. The van der Waals surface area contributed by atoms with Gasteiger partial charge in [0.15, 0.2) is 5.78 Å². The van der Waals surface area contributed by atoms with E-state index in [1.807, 2.05) is 6.07 Å². The second-order valence-corrected chi connectivity index (χ2v) is 3.87. The summed E-state index contributed by atoms with van der Waals surface area (Å²) in [4.78, 5) is 25.9. The Morgan fingerprint density at radius 1 is 1.47 bits per heavy atom. The molecule has 88 valence electrons. The summed E-state index contributed by atoms with van der Waals surface area (Å²) >= 11 is 0. The second-order valence-electron chi connectivity index (χ2n) is 3.87. The van der Waals surface area contributed by atoms with E-state index in [1.165, 1.54) is 6.08 Å². The number of hydrogen-bond donors (Lipinski definition) is 2. The van der Waals surface area contributed by atoms with Gasteiger partial charge in [-0.2, -0.15) is 0 Å². The third-order valence-electron chi connectivity index (χ3n) is 2.50. The van der Waals surface area contributed by atoms with E-state index in [0.717, 1.165) is 22.9 Å². The van der Waals surface area contributed by atoms with Gasteiger partial charge in [-0.15, -0.1) is 0 Å². The lowest BCUT2D eigenvalue weighted by molar-refractivity contribution is -0.131. The summed E-state index contributed by atoms with van der Waals surface area (Å²) in [6.07, 6.45) is 4.48. The number of carbonyl (C=O) groups is 2. The van der Waals surface area contributed by atoms with Gasteiger partial charge in [-0.05, 0) is 23.3 Å². The van der Waals surface area contributed by atoms with Crippen LogP contribution >= 0.6 is 0 Å². The highest BCUT2D eigenvalue weighted by molar-refractivity contribution is 5.85. The molecule has 1 aliphatic rings. The number of nitrogens with one attached hydrogen (secondary N) is 1. The molecule has 17 heavy (non-hydrogen) atoms. The monoisotopic (exact) mass is 232 g/mol. The maximum absolute atomic E-state index is 11.4. The number of rotatable bonds is 2. The summed E-state index contributed by atoms with van der Waals surface area (Å²) in [5.41, 5.74) is 2.44. The minimum Gasteiger partial charge on any atom is -0.478 e. The number of aliphatic carboxylic acids is 1. The van der Waals surface area contributed by atoms with Crippen molar-refractivity contribution in [3.8, 4) is 0 Å². The van der Waals surface area contributed by atoms with Crippen molar-refractivity contribution >= 4 is 17.8 Å². The Morgan fingerprint density at radius 2 is 2.29 bits per heavy atom. The zero-order valence-corrected chi connectivity index (χ0v) is 9.14. The maximum Gasteiger partial charge on any atom is 0.328 e. The van der Waals surface area contributed by atoms with E-state index < -0.39 is 5.97 Å². The van der Waals surface area contributed by atoms with E-state index in [2.05, 4.69) is 10.3 Å². The fraction of sp³-hybridized carbons (Fsp3) is 0.250. The van der Waals surface area contributed by atoms with Crippen LogP contribution in [-0.4, -0.2) is 28.4 Å². The first-order chi connectivity index (χ1) is 8.15. The molecule has 5 heteroatoms. The Kier molecular flexibility index (Phi) is 3.30. The molecule has 0 unspecified atom stereocenters. The highest BCUT2D eigenvalue weighted by atomic mass is 16.4. The minimum atomic E-state index is -0.992. The fourth-order valence-corrected chi connectivity index (χ4v) is 1.71. The van der Waals surface area contributed by atoms with Crippen LogP contribution in [0.5, 0.6) is 0 Å². The summed E-state index contributed by atoms with van der Waals surface area (Å²) < 4.78 is 0. The third kappa shape index (κ3) is 2.98. The zero-order chi connectivity index (χ0) is 12.3. The van der Waals surface area contributed by atoms with Crippen molar-refractivity contribution in [2.45, 2.75) is 13.0 Å². The molecule has 0 radical (unpaired) electrons. The van der Waals surface area contributed by atoms with E-state index in [-0.39, 0.29) is 5.78 Å². The lowest BCUT2D eigenvalue weighted by atomic mass is 10.1. The van der Waals surface area contributed by atoms with Gasteiger partial charge >= 0.3 is 5.97 Å². The molecular formula is C12H12N2O3. The van der Waals surface area contributed by atoms with Gasteiger partial charge in [0.1, 0.15) is 0 Å². The molecule has 5 nitrogen and oxygen atoms in total. The number of carboxylic acids is 1. The molecule has 1 aromatic heterocycles. The zero-order valence-electron chi connectivity index (χ0n) is 9.14. The summed E-state index contributed by atoms with van der Waals surface area (Å²) in [5, 5.41) is 11.5. The van der Waals surface area contributed by atoms with Gasteiger partial charge < -0.3 is 10.4 Å². The predicted octanol–water partition coefficient (Wildman–Crippen LogP) is 0.394. The van der Waals surface area contributed by atoms with Crippen molar-refractivity contribution in [1.29, 1.82) is 0 Å². The molecular weight excluding hydrogens is 220 g/mol. The van der Waals surface area contributed by atoms with E-state index in [9.17, 15) is 9.59 Å². The van der Waals surface area contributed by atoms with Crippen LogP contribution in [0.25, 0.3) is 6.08 Å². The number of carbonyl (C=O) groups excluding carboxylic acids is 1. The van der Waals surface area contributed by atoms with E-state index in [1.54, 1.807) is 6.20 Å². The number of fused-ring (bicyclic) bond motifs is 1. The van der Waals surface area contributed by atoms with Crippen molar-refractivity contribution in [3.05, 3.63) is 35.2 Å². The molecule has 0 spiro atoms. The molecule has 0 saturated heterocycles. The first-order valence-corrected chi connectivity index (χ1v) is 5.26. The van der Waals surface area contributed by atoms with Gasteiger partial charge in [-0.25, -0.2) is 4.79 Å². The van der Waals surface area contributed by atoms with Crippen molar-refractivity contribution in [3.63, 3.8) is 0 Å². The largest absolute Gasteiger partial charge is 0.478 e. The molecule has 1 aromatic rings. The highest BCUT2D eigenvalue weighted by Gasteiger charge is 2.14. The Hall–Kier alpha value is -2.01. The van der Waals surface area contributed by atoms with Gasteiger partial charge in [-0.1, -0.05) is 0 Å². The van der Waals surface area contributed by atoms with Crippen LogP contribution in [0.1, 0.15) is 16.8 Å². The molecule has 1 aliphatic heterocycles. The summed E-state index contributed by atoms with van der Waals surface area (Å²) in [6, 6.07) is 1.85. The second kappa shape index (κ2) is 4.88. The van der Waals surface area contributed by atoms with Gasteiger partial charge in [0.05, 0.1) is 18.7 Å². The topological polar surface area (TPSA) is 79.3 Å². The van der Waals surface area contributed by atoms with Crippen LogP contribution in [0.3, 0.4) is 0 Å². The van der Waals surface area contributed by atoms with Crippen LogP contribution in [0.15, 0.2) is 18.3 Å². The number of pyridine rings is 1. The molecule has 0 atom stereocenters. The lowest BCUT2D eigenvalue weighted by Crippen LogP contribution is -2.19. The average Bonchev–Trinajstić information content (AvgIpc) is 2.46. The Morgan fingerprint density at radius 3 is 3.06 bits per heavy atom. The molecule has 0 aromatic carbocycles. The number of nitrogens with zero attached hydrogens (tertiary/aromatic N) is 1. The average molecular weight is 232 g/mol. The predicted molar refractivity (Wildman–Crippen MR) is 61.3 cm³/mol. The highest BCUT2D eigenvalue weighted by Crippen LogP contribution is 2.13. The van der Waals surface area contributed by atoms with Crippen LogP contribution < -0.4 is 5.32 Å². The molecule has 2 heterocycles. The van der Waals surface area contributed by atoms with Gasteiger partial charge in [0.25, 0.3) is 0 Å².